The summed E-state index contributed by atoms with van der Waals surface area (Å²) in [4.78, 5) is 15.3. The van der Waals surface area contributed by atoms with Gasteiger partial charge in [-0.25, -0.2) is 9.18 Å². The van der Waals surface area contributed by atoms with Crippen molar-refractivity contribution in [2.24, 2.45) is 5.90 Å². The van der Waals surface area contributed by atoms with Crippen molar-refractivity contribution in [1.82, 2.24) is 0 Å². The van der Waals surface area contributed by atoms with Gasteiger partial charge in [0, 0.05) is 5.56 Å². The van der Waals surface area contributed by atoms with E-state index in [-0.39, 0.29) is 0 Å². The molecule has 1 aromatic rings. The van der Waals surface area contributed by atoms with Crippen LogP contribution in [0, 0.1) is 5.82 Å². The van der Waals surface area contributed by atoms with Crippen LogP contribution >= 0.6 is 0 Å². The zero-order valence-electron chi connectivity index (χ0n) is 7.87. The number of benzene rings is 1. The van der Waals surface area contributed by atoms with Crippen molar-refractivity contribution in [2.75, 3.05) is 0 Å². The van der Waals surface area contributed by atoms with E-state index in [1.165, 1.54) is 6.07 Å². The number of rotatable bonds is 3. The van der Waals surface area contributed by atoms with E-state index in [9.17, 15) is 9.18 Å². The average molecular weight is 197 g/mol. The van der Waals surface area contributed by atoms with Crippen molar-refractivity contribution in [3.63, 3.8) is 0 Å². The molecule has 1 atom stereocenters. The van der Waals surface area contributed by atoms with E-state index in [1.54, 1.807) is 25.1 Å². The third-order valence-corrected chi connectivity index (χ3v) is 2.09. The van der Waals surface area contributed by atoms with E-state index in [0.29, 0.717) is 12.0 Å². The topological polar surface area (TPSA) is 52.3 Å². The minimum atomic E-state index is -0.624. The SMILES string of the molecule is CC[C@H](C(=O)ON)c1ccccc1F. The zero-order valence-corrected chi connectivity index (χ0v) is 7.87. The number of hydrogen-bond donors (Lipinski definition) is 1. The van der Waals surface area contributed by atoms with E-state index in [0.717, 1.165) is 0 Å². The Morgan fingerprint density at radius 3 is 2.71 bits per heavy atom. The molecule has 0 aliphatic carbocycles. The van der Waals surface area contributed by atoms with Crippen molar-refractivity contribution in [3.05, 3.63) is 35.6 Å². The summed E-state index contributed by atoms with van der Waals surface area (Å²) in [5.41, 5.74) is 0.324. The highest BCUT2D eigenvalue weighted by Crippen LogP contribution is 2.22. The lowest BCUT2D eigenvalue weighted by molar-refractivity contribution is -0.146. The lowest BCUT2D eigenvalue weighted by atomic mass is 9.96. The van der Waals surface area contributed by atoms with Crippen LogP contribution in [0.2, 0.25) is 0 Å². The molecular weight excluding hydrogens is 185 g/mol. The largest absolute Gasteiger partial charge is 0.373 e. The summed E-state index contributed by atoms with van der Waals surface area (Å²) in [6.45, 7) is 1.77. The molecule has 0 fully saturated rings. The third kappa shape index (κ3) is 2.09. The molecule has 0 amide bonds. The molecule has 0 radical (unpaired) electrons. The smallest absolute Gasteiger partial charge is 0.331 e. The fourth-order valence-electron chi connectivity index (χ4n) is 1.35. The van der Waals surface area contributed by atoms with Crippen LogP contribution in [0.15, 0.2) is 24.3 Å². The van der Waals surface area contributed by atoms with Crippen LogP contribution in [0.1, 0.15) is 24.8 Å². The van der Waals surface area contributed by atoms with Gasteiger partial charge in [0.05, 0.1) is 5.92 Å². The van der Waals surface area contributed by atoms with Crippen molar-refractivity contribution < 1.29 is 14.0 Å². The molecule has 0 saturated heterocycles. The van der Waals surface area contributed by atoms with Crippen LogP contribution < -0.4 is 5.90 Å². The minimum Gasteiger partial charge on any atom is -0.373 e. The van der Waals surface area contributed by atoms with Gasteiger partial charge in [0.1, 0.15) is 5.82 Å². The summed E-state index contributed by atoms with van der Waals surface area (Å²) in [7, 11) is 0. The van der Waals surface area contributed by atoms with Gasteiger partial charge in [0.2, 0.25) is 0 Å². The summed E-state index contributed by atoms with van der Waals surface area (Å²) >= 11 is 0. The van der Waals surface area contributed by atoms with E-state index in [1.807, 2.05) is 0 Å². The molecule has 4 heteroatoms. The summed E-state index contributed by atoms with van der Waals surface area (Å²) in [6.07, 6.45) is 0.455. The number of nitrogens with two attached hydrogens (primary N) is 1. The Labute approximate surface area is 81.6 Å². The van der Waals surface area contributed by atoms with Gasteiger partial charge in [0.15, 0.2) is 0 Å². The minimum absolute atomic E-state index is 0.324. The first-order valence-corrected chi connectivity index (χ1v) is 4.35. The highest BCUT2D eigenvalue weighted by atomic mass is 19.1. The van der Waals surface area contributed by atoms with E-state index in [2.05, 4.69) is 4.84 Å². The number of carbonyl (C=O) groups is 1. The van der Waals surface area contributed by atoms with Gasteiger partial charge in [-0.2, -0.15) is 5.90 Å². The molecule has 2 N–H and O–H groups in total. The predicted octanol–water partition coefficient (Wildman–Crippen LogP) is 1.74. The lowest BCUT2D eigenvalue weighted by Crippen LogP contribution is -2.19. The highest BCUT2D eigenvalue weighted by Gasteiger charge is 2.22. The molecule has 0 heterocycles. The molecular formula is C10H12FNO2. The van der Waals surface area contributed by atoms with Gasteiger partial charge in [-0.3, -0.25) is 0 Å². The average Bonchev–Trinajstić information content (AvgIpc) is 2.21. The molecule has 0 aromatic heterocycles. The quantitative estimate of drug-likeness (QED) is 0.751. The normalized spacial score (nSPS) is 12.2. The summed E-state index contributed by atoms with van der Waals surface area (Å²) in [5, 5.41) is 0. The fraction of sp³-hybridized carbons (Fsp3) is 0.300. The molecule has 0 bridgehead atoms. The van der Waals surface area contributed by atoms with Gasteiger partial charge < -0.3 is 4.84 Å². The Balaban J connectivity index is 3.01. The lowest BCUT2D eigenvalue weighted by Gasteiger charge is -2.12. The summed E-state index contributed by atoms with van der Waals surface area (Å²) in [5.74, 6) is 3.11. The van der Waals surface area contributed by atoms with Crippen molar-refractivity contribution in [2.45, 2.75) is 19.3 Å². The van der Waals surface area contributed by atoms with Gasteiger partial charge in [-0.1, -0.05) is 25.1 Å². The van der Waals surface area contributed by atoms with Gasteiger partial charge in [0.25, 0.3) is 0 Å². The van der Waals surface area contributed by atoms with Crippen LogP contribution in [-0.2, 0) is 9.63 Å². The van der Waals surface area contributed by atoms with Gasteiger partial charge in [-0.05, 0) is 12.5 Å². The molecule has 76 valence electrons. The summed E-state index contributed by atoms with van der Waals surface area (Å²) < 4.78 is 13.3. The number of hydrogen-bond acceptors (Lipinski definition) is 3. The first-order chi connectivity index (χ1) is 6.70. The van der Waals surface area contributed by atoms with Crippen molar-refractivity contribution in [3.8, 4) is 0 Å². The Kier molecular flexibility index (Phi) is 3.59. The molecule has 0 spiro atoms. The standard InChI is InChI=1S/C10H12FNO2/c1-2-7(10(13)14-12)8-5-3-4-6-9(8)11/h3-7H,2,12H2,1H3/t7-/m0/s1. The van der Waals surface area contributed by atoms with Crippen LogP contribution in [-0.4, -0.2) is 5.97 Å². The molecule has 0 unspecified atom stereocenters. The molecule has 3 nitrogen and oxygen atoms in total. The van der Waals surface area contributed by atoms with Crippen LogP contribution in [0.5, 0.6) is 0 Å². The van der Waals surface area contributed by atoms with Crippen molar-refractivity contribution >= 4 is 5.97 Å². The van der Waals surface area contributed by atoms with E-state index < -0.39 is 17.7 Å². The predicted molar refractivity (Wildman–Crippen MR) is 49.7 cm³/mol. The second-order valence-electron chi connectivity index (χ2n) is 2.92. The Morgan fingerprint density at radius 2 is 2.21 bits per heavy atom. The Hall–Kier alpha value is -1.42. The molecule has 0 aliphatic heterocycles. The monoisotopic (exact) mass is 197 g/mol. The summed E-state index contributed by atoms with van der Waals surface area (Å²) in [6, 6.07) is 6.10. The molecule has 14 heavy (non-hydrogen) atoms. The second-order valence-corrected chi connectivity index (χ2v) is 2.92. The van der Waals surface area contributed by atoms with E-state index in [4.69, 9.17) is 5.90 Å². The molecule has 0 saturated carbocycles. The third-order valence-electron chi connectivity index (χ3n) is 2.09. The van der Waals surface area contributed by atoms with E-state index >= 15 is 0 Å². The number of carbonyl (C=O) groups excluding carboxylic acids is 1. The van der Waals surface area contributed by atoms with Crippen LogP contribution in [0.25, 0.3) is 0 Å². The first-order valence-electron chi connectivity index (χ1n) is 4.35. The van der Waals surface area contributed by atoms with Crippen LogP contribution in [0.3, 0.4) is 0 Å². The van der Waals surface area contributed by atoms with Crippen LogP contribution in [0.4, 0.5) is 4.39 Å². The maximum Gasteiger partial charge on any atom is 0.331 e. The maximum atomic E-state index is 13.3. The first kappa shape index (κ1) is 10.7. The fourth-order valence-corrected chi connectivity index (χ4v) is 1.35. The Morgan fingerprint density at radius 1 is 1.57 bits per heavy atom. The van der Waals surface area contributed by atoms with Crippen molar-refractivity contribution in [1.29, 1.82) is 0 Å². The highest BCUT2D eigenvalue weighted by molar-refractivity contribution is 5.77. The Bertz CT molecular complexity index is 328. The molecule has 1 aromatic carbocycles. The number of halogens is 1. The second kappa shape index (κ2) is 4.72. The van der Waals surface area contributed by atoms with Gasteiger partial charge >= 0.3 is 5.97 Å². The molecule has 0 aliphatic rings. The zero-order chi connectivity index (χ0) is 10.6. The van der Waals surface area contributed by atoms with Gasteiger partial charge in [-0.15, -0.1) is 0 Å². The molecule has 1 rings (SSSR count). The maximum absolute atomic E-state index is 13.3.